The Morgan fingerprint density at radius 3 is 2.78 bits per heavy atom. The number of para-hydroxylation sites is 1. The van der Waals surface area contributed by atoms with E-state index in [1.807, 2.05) is 42.5 Å². The molecule has 0 bridgehead atoms. The van der Waals surface area contributed by atoms with Gasteiger partial charge in [-0.05, 0) is 23.3 Å². The lowest BCUT2D eigenvalue weighted by Gasteiger charge is -2.25. The number of ether oxygens (including phenoxy) is 1. The minimum absolute atomic E-state index is 0.0261. The predicted octanol–water partition coefficient (Wildman–Crippen LogP) is 3.04. The van der Waals surface area contributed by atoms with Gasteiger partial charge in [0.2, 0.25) is 0 Å². The highest BCUT2D eigenvalue weighted by Crippen LogP contribution is 2.20. The van der Waals surface area contributed by atoms with Crippen LogP contribution in [0.25, 0.3) is 10.9 Å². The molecule has 2 N–H and O–H groups in total. The van der Waals surface area contributed by atoms with E-state index < -0.39 is 0 Å². The van der Waals surface area contributed by atoms with Gasteiger partial charge in [0.25, 0.3) is 5.91 Å². The zero-order chi connectivity index (χ0) is 15.6. The molecule has 1 unspecified atom stereocenters. The Morgan fingerprint density at radius 2 is 1.91 bits per heavy atom. The van der Waals surface area contributed by atoms with Crippen LogP contribution in [0.4, 0.5) is 0 Å². The Bertz CT molecular complexity index is 820. The molecule has 1 aromatic heterocycles. The van der Waals surface area contributed by atoms with Crippen molar-refractivity contribution in [2.24, 2.45) is 0 Å². The second kappa shape index (κ2) is 5.89. The summed E-state index contributed by atoms with van der Waals surface area (Å²) in [6.07, 6.45) is 0.863. The molecule has 0 radical (unpaired) electrons. The SMILES string of the molecule is O=C(NCC1Cc2ccccc2CO1)c1cc2ccccc2[nH]1. The third-order valence-electron chi connectivity index (χ3n) is 4.31. The molecular formula is C19H18N2O2. The van der Waals surface area contributed by atoms with Gasteiger partial charge in [-0.1, -0.05) is 42.5 Å². The predicted molar refractivity (Wildman–Crippen MR) is 89.4 cm³/mol. The largest absolute Gasteiger partial charge is 0.371 e. The van der Waals surface area contributed by atoms with Crippen molar-refractivity contribution in [1.29, 1.82) is 0 Å². The molecule has 1 aliphatic heterocycles. The van der Waals surface area contributed by atoms with Gasteiger partial charge in [0.05, 0.1) is 12.7 Å². The van der Waals surface area contributed by atoms with Gasteiger partial charge in [0.1, 0.15) is 5.69 Å². The van der Waals surface area contributed by atoms with Crippen LogP contribution in [0.2, 0.25) is 0 Å². The van der Waals surface area contributed by atoms with E-state index in [1.165, 1.54) is 11.1 Å². The standard InChI is InChI=1S/C19H18N2O2/c22-19(18-10-14-6-3-4-8-17(14)21-18)20-11-16-9-13-5-1-2-7-15(13)12-23-16/h1-8,10,16,21H,9,11-12H2,(H,20,22). The molecule has 0 saturated carbocycles. The first-order valence-electron chi connectivity index (χ1n) is 7.84. The highest BCUT2D eigenvalue weighted by atomic mass is 16.5. The average molecular weight is 306 g/mol. The molecule has 0 saturated heterocycles. The van der Waals surface area contributed by atoms with Crippen LogP contribution >= 0.6 is 0 Å². The second-order valence-electron chi connectivity index (χ2n) is 5.89. The summed E-state index contributed by atoms with van der Waals surface area (Å²) in [7, 11) is 0. The van der Waals surface area contributed by atoms with E-state index in [2.05, 4.69) is 22.4 Å². The van der Waals surface area contributed by atoms with Crippen LogP contribution < -0.4 is 5.32 Å². The summed E-state index contributed by atoms with van der Waals surface area (Å²) in [6, 6.07) is 18.0. The molecule has 1 atom stereocenters. The summed E-state index contributed by atoms with van der Waals surface area (Å²) < 4.78 is 5.82. The molecular weight excluding hydrogens is 288 g/mol. The van der Waals surface area contributed by atoms with Crippen LogP contribution in [-0.4, -0.2) is 23.5 Å². The number of rotatable bonds is 3. The molecule has 1 aliphatic rings. The number of amides is 1. The maximum atomic E-state index is 12.3. The Labute approximate surface area is 134 Å². The zero-order valence-corrected chi connectivity index (χ0v) is 12.7. The van der Waals surface area contributed by atoms with Gasteiger partial charge in [-0.25, -0.2) is 0 Å². The molecule has 2 heterocycles. The number of aromatic amines is 1. The van der Waals surface area contributed by atoms with Gasteiger partial charge in [-0.15, -0.1) is 0 Å². The number of carbonyl (C=O) groups excluding carboxylic acids is 1. The first-order chi connectivity index (χ1) is 11.3. The summed E-state index contributed by atoms with van der Waals surface area (Å²) in [5, 5.41) is 4.01. The van der Waals surface area contributed by atoms with Crippen molar-refractivity contribution < 1.29 is 9.53 Å². The lowest BCUT2D eigenvalue weighted by molar-refractivity contribution is 0.0284. The Hall–Kier alpha value is -2.59. The normalized spacial score (nSPS) is 17.0. The Balaban J connectivity index is 1.40. The maximum Gasteiger partial charge on any atom is 0.267 e. The van der Waals surface area contributed by atoms with E-state index >= 15 is 0 Å². The van der Waals surface area contributed by atoms with Crippen molar-refractivity contribution in [2.45, 2.75) is 19.1 Å². The highest BCUT2D eigenvalue weighted by Gasteiger charge is 2.19. The lowest BCUT2D eigenvalue weighted by atomic mass is 9.99. The van der Waals surface area contributed by atoms with Crippen LogP contribution in [0, 0.1) is 0 Å². The lowest BCUT2D eigenvalue weighted by Crippen LogP contribution is -2.36. The molecule has 4 rings (SSSR count). The van der Waals surface area contributed by atoms with Crippen molar-refractivity contribution in [3.8, 4) is 0 Å². The van der Waals surface area contributed by atoms with Gasteiger partial charge >= 0.3 is 0 Å². The van der Waals surface area contributed by atoms with E-state index in [4.69, 9.17) is 4.74 Å². The number of fused-ring (bicyclic) bond motifs is 2. The smallest absolute Gasteiger partial charge is 0.267 e. The first kappa shape index (κ1) is 14.0. The summed E-state index contributed by atoms with van der Waals surface area (Å²) in [5.41, 5.74) is 4.11. The fraction of sp³-hybridized carbons (Fsp3) is 0.211. The number of hydrogen-bond acceptors (Lipinski definition) is 2. The van der Waals surface area contributed by atoms with Crippen molar-refractivity contribution in [3.05, 3.63) is 71.4 Å². The molecule has 1 amide bonds. The van der Waals surface area contributed by atoms with Crippen molar-refractivity contribution >= 4 is 16.8 Å². The van der Waals surface area contributed by atoms with E-state index in [9.17, 15) is 4.79 Å². The molecule has 4 nitrogen and oxygen atoms in total. The summed E-state index contributed by atoms with van der Waals surface area (Å²) in [5.74, 6) is -0.0938. The van der Waals surface area contributed by atoms with E-state index in [-0.39, 0.29) is 12.0 Å². The van der Waals surface area contributed by atoms with E-state index in [1.54, 1.807) is 0 Å². The molecule has 2 aromatic carbocycles. The monoisotopic (exact) mass is 306 g/mol. The van der Waals surface area contributed by atoms with Gasteiger partial charge in [-0.2, -0.15) is 0 Å². The maximum absolute atomic E-state index is 12.3. The number of H-pyrrole nitrogens is 1. The van der Waals surface area contributed by atoms with Crippen LogP contribution in [0.15, 0.2) is 54.6 Å². The number of hydrogen-bond donors (Lipinski definition) is 2. The molecule has 0 spiro atoms. The summed E-state index contributed by atoms with van der Waals surface area (Å²) in [4.78, 5) is 15.5. The fourth-order valence-electron chi connectivity index (χ4n) is 3.04. The number of carbonyl (C=O) groups is 1. The Kier molecular flexibility index (Phi) is 3.60. The molecule has 116 valence electrons. The number of nitrogens with one attached hydrogen (secondary N) is 2. The van der Waals surface area contributed by atoms with Gasteiger partial charge in [0, 0.05) is 23.9 Å². The number of aromatic nitrogens is 1. The van der Waals surface area contributed by atoms with Crippen molar-refractivity contribution in [2.75, 3.05) is 6.54 Å². The summed E-state index contributed by atoms with van der Waals surface area (Å²) in [6.45, 7) is 1.13. The van der Waals surface area contributed by atoms with Crippen molar-refractivity contribution in [3.63, 3.8) is 0 Å². The van der Waals surface area contributed by atoms with Crippen LogP contribution in [0.3, 0.4) is 0 Å². The van der Waals surface area contributed by atoms with Crippen molar-refractivity contribution in [1.82, 2.24) is 10.3 Å². The van der Waals surface area contributed by atoms with Crippen LogP contribution in [-0.2, 0) is 17.8 Å². The van der Waals surface area contributed by atoms with Gasteiger partial charge in [-0.3, -0.25) is 4.79 Å². The summed E-state index contributed by atoms with van der Waals surface area (Å²) >= 11 is 0. The third-order valence-corrected chi connectivity index (χ3v) is 4.31. The van der Waals surface area contributed by atoms with E-state index in [0.717, 1.165) is 17.3 Å². The molecule has 3 aromatic rings. The third kappa shape index (κ3) is 2.85. The zero-order valence-electron chi connectivity index (χ0n) is 12.7. The fourth-order valence-corrected chi connectivity index (χ4v) is 3.04. The second-order valence-corrected chi connectivity index (χ2v) is 5.89. The minimum atomic E-state index is -0.0938. The Morgan fingerprint density at radius 1 is 1.13 bits per heavy atom. The quantitative estimate of drug-likeness (QED) is 0.781. The van der Waals surface area contributed by atoms with Gasteiger partial charge < -0.3 is 15.0 Å². The molecule has 23 heavy (non-hydrogen) atoms. The van der Waals surface area contributed by atoms with E-state index in [0.29, 0.717) is 18.8 Å². The molecule has 0 aliphatic carbocycles. The van der Waals surface area contributed by atoms with Crippen LogP contribution in [0.1, 0.15) is 21.6 Å². The molecule has 0 fully saturated rings. The van der Waals surface area contributed by atoms with Crippen LogP contribution in [0.5, 0.6) is 0 Å². The first-order valence-corrected chi connectivity index (χ1v) is 7.84. The molecule has 4 heteroatoms. The minimum Gasteiger partial charge on any atom is -0.371 e. The van der Waals surface area contributed by atoms with Gasteiger partial charge in [0.15, 0.2) is 0 Å². The average Bonchev–Trinajstić information content (AvgIpc) is 3.04. The topological polar surface area (TPSA) is 54.1 Å². The highest BCUT2D eigenvalue weighted by molar-refractivity contribution is 5.97. The number of benzene rings is 2.